The Kier molecular flexibility index (Phi) is 6.06. The number of halogens is 2. The molecule has 4 rings (SSSR count). The van der Waals surface area contributed by atoms with Crippen molar-refractivity contribution in [3.63, 3.8) is 0 Å². The van der Waals surface area contributed by atoms with Crippen LogP contribution < -0.4 is 15.0 Å². The number of anilines is 2. The first-order chi connectivity index (χ1) is 14.5. The van der Waals surface area contributed by atoms with E-state index in [2.05, 4.69) is 5.32 Å². The summed E-state index contributed by atoms with van der Waals surface area (Å²) in [5.74, 6) is -0.614. The quantitative estimate of drug-likeness (QED) is 0.802. The molecule has 1 fully saturated rings. The number of rotatable bonds is 4. The minimum Gasteiger partial charge on any atom is -0.477 e. The van der Waals surface area contributed by atoms with Gasteiger partial charge in [0.05, 0.1) is 37.7 Å². The Hall–Kier alpha value is -2.84. The number of benzene rings is 2. The highest BCUT2D eigenvalue weighted by molar-refractivity contribution is 6.30. The van der Waals surface area contributed by atoms with Crippen LogP contribution in [-0.4, -0.2) is 62.2 Å². The number of ether oxygens (including phenoxy) is 2. The predicted octanol–water partition coefficient (Wildman–Crippen LogP) is 2.54. The van der Waals surface area contributed by atoms with Gasteiger partial charge < -0.3 is 24.6 Å². The van der Waals surface area contributed by atoms with Crippen LogP contribution in [0.15, 0.2) is 42.5 Å². The summed E-state index contributed by atoms with van der Waals surface area (Å²) in [6.45, 7) is 2.14. The van der Waals surface area contributed by atoms with E-state index >= 15 is 0 Å². The van der Waals surface area contributed by atoms with E-state index in [-0.39, 0.29) is 24.7 Å². The average Bonchev–Trinajstić information content (AvgIpc) is 2.76. The number of morpholine rings is 1. The number of para-hydroxylation sites is 2. The van der Waals surface area contributed by atoms with Crippen molar-refractivity contribution in [2.45, 2.75) is 6.10 Å². The third-order valence-electron chi connectivity index (χ3n) is 5.00. The second kappa shape index (κ2) is 8.89. The van der Waals surface area contributed by atoms with Crippen molar-refractivity contribution < 1.29 is 23.5 Å². The van der Waals surface area contributed by atoms with Crippen LogP contribution in [-0.2, 0) is 14.3 Å². The predicted molar refractivity (Wildman–Crippen MR) is 111 cm³/mol. The second-order valence-corrected chi connectivity index (χ2v) is 7.50. The lowest BCUT2D eigenvalue weighted by molar-refractivity contribution is -0.142. The van der Waals surface area contributed by atoms with Crippen molar-refractivity contribution >= 4 is 34.8 Å². The number of carbonyl (C=O) groups excluding carboxylic acids is 2. The summed E-state index contributed by atoms with van der Waals surface area (Å²) in [5.41, 5.74) is 0.709. The first-order valence-electron chi connectivity index (χ1n) is 9.63. The van der Waals surface area contributed by atoms with Crippen molar-refractivity contribution in [2.75, 3.05) is 49.6 Å². The Bertz CT molecular complexity index is 952. The van der Waals surface area contributed by atoms with Crippen LogP contribution in [0, 0.1) is 5.82 Å². The van der Waals surface area contributed by atoms with Crippen LogP contribution in [0.2, 0.25) is 5.02 Å². The Morgan fingerprint density at radius 3 is 2.73 bits per heavy atom. The summed E-state index contributed by atoms with van der Waals surface area (Å²) >= 11 is 5.89. The van der Waals surface area contributed by atoms with E-state index in [1.54, 1.807) is 21.9 Å². The van der Waals surface area contributed by atoms with Crippen molar-refractivity contribution in [3.05, 3.63) is 53.3 Å². The number of fused-ring (bicyclic) bond motifs is 1. The monoisotopic (exact) mass is 433 g/mol. The van der Waals surface area contributed by atoms with Crippen molar-refractivity contribution in [1.82, 2.24) is 4.90 Å². The first-order valence-corrected chi connectivity index (χ1v) is 10.0. The van der Waals surface area contributed by atoms with Crippen molar-refractivity contribution in [2.24, 2.45) is 0 Å². The molecule has 0 radical (unpaired) electrons. The molecular formula is C21H21ClFN3O4. The molecule has 0 aromatic heterocycles. The number of carbonyl (C=O) groups is 2. The number of hydrogen-bond acceptors (Lipinski definition) is 5. The smallest absolute Gasteiger partial charge is 0.265 e. The van der Waals surface area contributed by atoms with Gasteiger partial charge in [0, 0.05) is 18.1 Å². The van der Waals surface area contributed by atoms with Gasteiger partial charge in [0.1, 0.15) is 11.6 Å². The van der Waals surface area contributed by atoms with Gasteiger partial charge in [0.2, 0.25) is 5.91 Å². The fraction of sp³-hybridized carbons (Fsp3) is 0.333. The van der Waals surface area contributed by atoms with Gasteiger partial charge in [0.15, 0.2) is 6.10 Å². The molecule has 30 heavy (non-hydrogen) atoms. The lowest BCUT2D eigenvalue weighted by Crippen LogP contribution is -2.53. The molecule has 0 saturated carbocycles. The third-order valence-corrected chi connectivity index (χ3v) is 5.23. The van der Waals surface area contributed by atoms with Crippen molar-refractivity contribution in [3.8, 4) is 5.75 Å². The van der Waals surface area contributed by atoms with E-state index in [4.69, 9.17) is 21.1 Å². The van der Waals surface area contributed by atoms with Gasteiger partial charge in [-0.2, -0.15) is 0 Å². The molecular weight excluding hydrogens is 413 g/mol. The highest BCUT2D eigenvalue weighted by Crippen LogP contribution is 2.33. The molecule has 0 bridgehead atoms. The maximum absolute atomic E-state index is 14.0. The van der Waals surface area contributed by atoms with E-state index in [0.29, 0.717) is 42.8 Å². The van der Waals surface area contributed by atoms with E-state index in [1.807, 2.05) is 12.1 Å². The molecule has 1 atom stereocenters. The molecule has 0 unspecified atom stereocenters. The van der Waals surface area contributed by atoms with Crippen LogP contribution in [0.1, 0.15) is 0 Å². The maximum Gasteiger partial charge on any atom is 0.265 e. The summed E-state index contributed by atoms with van der Waals surface area (Å²) in [7, 11) is 0. The minimum atomic E-state index is -0.742. The van der Waals surface area contributed by atoms with E-state index < -0.39 is 17.8 Å². The fourth-order valence-electron chi connectivity index (χ4n) is 3.53. The molecule has 2 heterocycles. The Balaban J connectivity index is 1.50. The number of nitrogens with zero attached hydrogens (tertiary/aromatic N) is 2. The Morgan fingerprint density at radius 2 is 1.93 bits per heavy atom. The molecule has 7 nitrogen and oxygen atoms in total. The zero-order valence-corrected chi connectivity index (χ0v) is 16.9. The van der Waals surface area contributed by atoms with E-state index in [9.17, 15) is 14.0 Å². The van der Waals surface area contributed by atoms with E-state index in [1.165, 1.54) is 18.2 Å². The van der Waals surface area contributed by atoms with Crippen molar-refractivity contribution in [1.29, 1.82) is 0 Å². The standard InChI is InChI=1S/C21H21ClFN3O4/c22-14-5-6-15(23)16(11-14)24-20(27)13-26-12-19(21(28)25-7-9-29-10-8-25)30-18-4-2-1-3-17(18)26/h1-6,11,19H,7-10,12-13H2,(H,24,27)/t19-/m0/s1. The molecule has 0 spiro atoms. The molecule has 9 heteroatoms. The third kappa shape index (κ3) is 4.49. The Labute approximate surface area is 178 Å². The number of amides is 2. The first kappa shape index (κ1) is 20.4. The van der Waals surface area contributed by atoms with Gasteiger partial charge in [0.25, 0.3) is 5.91 Å². The highest BCUT2D eigenvalue weighted by atomic mass is 35.5. The maximum atomic E-state index is 14.0. The van der Waals surface area contributed by atoms with Gasteiger partial charge >= 0.3 is 0 Å². The molecule has 1 saturated heterocycles. The van der Waals surface area contributed by atoms with Crippen LogP contribution in [0.5, 0.6) is 5.75 Å². The zero-order chi connectivity index (χ0) is 21.1. The lowest BCUT2D eigenvalue weighted by atomic mass is 10.1. The van der Waals surface area contributed by atoms with E-state index in [0.717, 1.165) is 0 Å². The molecule has 158 valence electrons. The fourth-order valence-corrected chi connectivity index (χ4v) is 3.70. The van der Waals surface area contributed by atoms with Crippen LogP contribution >= 0.6 is 11.6 Å². The summed E-state index contributed by atoms with van der Waals surface area (Å²) in [5, 5.41) is 2.86. The normalized spacial score (nSPS) is 18.4. The van der Waals surface area contributed by atoms with Crippen LogP contribution in [0.3, 0.4) is 0 Å². The van der Waals surface area contributed by atoms with Crippen LogP contribution in [0.4, 0.5) is 15.8 Å². The summed E-state index contributed by atoms with van der Waals surface area (Å²) < 4.78 is 25.2. The Morgan fingerprint density at radius 1 is 1.17 bits per heavy atom. The van der Waals surface area contributed by atoms with Gasteiger partial charge in [-0.05, 0) is 30.3 Å². The summed E-state index contributed by atoms with van der Waals surface area (Å²) in [6, 6.07) is 11.2. The second-order valence-electron chi connectivity index (χ2n) is 7.06. The topological polar surface area (TPSA) is 71.1 Å². The molecule has 1 N–H and O–H groups in total. The van der Waals surface area contributed by atoms with Gasteiger partial charge in [-0.15, -0.1) is 0 Å². The largest absolute Gasteiger partial charge is 0.477 e. The minimum absolute atomic E-state index is 0.00925. The van der Waals surface area contributed by atoms with Gasteiger partial charge in [-0.1, -0.05) is 23.7 Å². The zero-order valence-electron chi connectivity index (χ0n) is 16.1. The average molecular weight is 434 g/mol. The summed E-state index contributed by atoms with van der Waals surface area (Å²) in [6.07, 6.45) is -0.742. The van der Waals surface area contributed by atoms with Gasteiger partial charge in [-0.25, -0.2) is 4.39 Å². The molecule has 2 aromatic rings. The number of hydrogen-bond donors (Lipinski definition) is 1. The van der Waals surface area contributed by atoms with Gasteiger partial charge in [-0.3, -0.25) is 9.59 Å². The SMILES string of the molecule is O=C(CN1C[C@@H](C(=O)N2CCOCC2)Oc2ccccc21)Nc1cc(Cl)ccc1F. The molecule has 2 aliphatic rings. The van der Waals surface area contributed by atoms with Crippen LogP contribution in [0.25, 0.3) is 0 Å². The number of nitrogens with one attached hydrogen (secondary N) is 1. The molecule has 2 aliphatic heterocycles. The molecule has 2 aromatic carbocycles. The molecule has 2 amide bonds. The lowest BCUT2D eigenvalue weighted by Gasteiger charge is -2.38. The summed E-state index contributed by atoms with van der Waals surface area (Å²) in [4.78, 5) is 29.0. The highest BCUT2D eigenvalue weighted by Gasteiger charge is 2.34. The molecule has 0 aliphatic carbocycles.